The topological polar surface area (TPSA) is 64.0 Å². The molecule has 2 heterocycles. The Labute approximate surface area is 242 Å². The molecule has 1 unspecified atom stereocenters. The van der Waals surface area contributed by atoms with Crippen LogP contribution in [0, 0.1) is 16.6 Å². The third kappa shape index (κ3) is 6.06. The van der Waals surface area contributed by atoms with E-state index in [9.17, 15) is 4.39 Å². The average Bonchev–Trinajstić information content (AvgIpc) is 3.54. The lowest BCUT2D eigenvalue weighted by atomic mass is 9.62. The van der Waals surface area contributed by atoms with Gasteiger partial charge in [0.05, 0.1) is 5.69 Å². The van der Waals surface area contributed by atoms with Crippen LogP contribution in [0.1, 0.15) is 36.9 Å². The molecule has 1 fully saturated rings. The van der Waals surface area contributed by atoms with Gasteiger partial charge in [-0.1, -0.05) is 43.2 Å². The Kier molecular flexibility index (Phi) is 8.82. The van der Waals surface area contributed by atoms with Gasteiger partial charge < -0.3 is 15.6 Å². The summed E-state index contributed by atoms with van der Waals surface area (Å²) in [5.74, 6) is -0.284. The number of nitrogens with zero attached hydrogens (tertiary/aromatic N) is 2. The van der Waals surface area contributed by atoms with Gasteiger partial charge in [-0.25, -0.2) is 4.39 Å². The van der Waals surface area contributed by atoms with Gasteiger partial charge in [0, 0.05) is 54.5 Å². The second kappa shape index (κ2) is 12.7. The number of benzene rings is 2. The minimum atomic E-state index is -0.491. The number of thiol groups is 1. The maximum absolute atomic E-state index is 13.6. The van der Waals surface area contributed by atoms with Gasteiger partial charge in [-0.3, -0.25) is 9.71 Å². The third-order valence-electron chi connectivity index (χ3n) is 8.04. The summed E-state index contributed by atoms with van der Waals surface area (Å²) in [4.78, 5) is 7.12. The van der Waals surface area contributed by atoms with Crippen molar-refractivity contribution in [3.8, 4) is 0 Å². The fourth-order valence-corrected chi connectivity index (χ4v) is 6.00. The summed E-state index contributed by atoms with van der Waals surface area (Å²) < 4.78 is 16.6. The first-order chi connectivity index (χ1) is 19.5. The quantitative estimate of drug-likeness (QED) is 0.149. The van der Waals surface area contributed by atoms with E-state index in [1.807, 2.05) is 18.2 Å². The van der Waals surface area contributed by atoms with Crippen molar-refractivity contribution in [3.63, 3.8) is 0 Å². The van der Waals surface area contributed by atoms with Crippen LogP contribution in [-0.4, -0.2) is 30.8 Å². The molecule has 0 radical (unpaired) electrons. The molecule has 206 valence electrons. The van der Waals surface area contributed by atoms with Crippen LogP contribution in [0.2, 0.25) is 0 Å². The first-order valence-electron chi connectivity index (χ1n) is 13.8. The summed E-state index contributed by atoms with van der Waals surface area (Å²) in [6, 6.07) is 21.1. The third-order valence-corrected chi connectivity index (χ3v) is 8.26. The molecule has 5 rings (SSSR count). The van der Waals surface area contributed by atoms with Crippen LogP contribution in [0.15, 0.2) is 102 Å². The van der Waals surface area contributed by atoms with E-state index in [0.717, 1.165) is 54.2 Å². The standard InChI is InChI=1S/C33H36FN5S/c1-24(31-6-2-3-16-36-31)33(21-25-7-13-30(14-8-25)39-18-4-5-19-39)22-26(23-35)32(20-27(33)15-17-37-40)38-29-11-9-28(34)10-12-29/h2-3,6-14,16,20,23,35,37-38,40H,1,4-5,15,17-19,21-22H2. The summed E-state index contributed by atoms with van der Waals surface area (Å²) in [5, 5.41) is 11.8. The Morgan fingerprint density at radius 1 is 1.07 bits per heavy atom. The van der Waals surface area contributed by atoms with Gasteiger partial charge in [0.25, 0.3) is 0 Å². The van der Waals surface area contributed by atoms with Crippen molar-refractivity contribution in [1.29, 1.82) is 5.41 Å². The SMILES string of the molecule is C=C(c1ccccn1)C1(Cc2ccc(N3CCCC3)cc2)CC(C=N)=C(Nc2ccc(F)cc2)C=C1CCNS. The molecule has 1 saturated heterocycles. The second-order valence-electron chi connectivity index (χ2n) is 10.5. The number of hydrogen-bond acceptors (Lipinski definition) is 6. The monoisotopic (exact) mass is 553 g/mol. The number of hydrogen-bond donors (Lipinski definition) is 4. The highest BCUT2D eigenvalue weighted by atomic mass is 32.1. The maximum atomic E-state index is 13.6. The van der Waals surface area contributed by atoms with Crippen molar-refractivity contribution in [3.05, 3.63) is 119 Å². The zero-order valence-corrected chi connectivity index (χ0v) is 23.6. The number of pyridine rings is 1. The normalized spacial score (nSPS) is 18.9. The largest absolute Gasteiger partial charge is 0.372 e. The average molecular weight is 554 g/mol. The molecule has 1 aromatic heterocycles. The number of nitrogens with one attached hydrogen (secondary N) is 3. The fraction of sp³-hybridized carbons (Fsp3) is 0.273. The Hall–Kier alpha value is -3.68. The molecule has 0 spiro atoms. The van der Waals surface area contributed by atoms with Crippen molar-refractivity contribution in [2.75, 3.05) is 29.9 Å². The van der Waals surface area contributed by atoms with Crippen LogP contribution in [-0.2, 0) is 6.42 Å². The lowest BCUT2D eigenvalue weighted by Gasteiger charge is -2.42. The van der Waals surface area contributed by atoms with E-state index in [0.29, 0.717) is 13.0 Å². The minimum Gasteiger partial charge on any atom is -0.372 e. The summed E-state index contributed by atoms with van der Waals surface area (Å²) in [6.45, 7) is 7.53. The maximum Gasteiger partial charge on any atom is 0.123 e. The van der Waals surface area contributed by atoms with E-state index in [1.54, 1.807) is 18.3 Å². The summed E-state index contributed by atoms with van der Waals surface area (Å²) in [6.07, 6.45) is 9.91. The molecule has 1 aliphatic heterocycles. The zero-order chi connectivity index (χ0) is 28.0. The molecule has 1 aliphatic carbocycles. The molecule has 0 saturated carbocycles. The predicted octanol–water partition coefficient (Wildman–Crippen LogP) is 7.23. The van der Waals surface area contributed by atoms with Crippen LogP contribution < -0.4 is 14.9 Å². The first kappa shape index (κ1) is 27.9. The van der Waals surface area contributed by atoms with E-state index in [2.05, 4.69) is 69.7 Å². The first-order valence-corrected chi connectivity index (χ1v) is 14.3. The van der Waals surface area contributed by atoms with Gasteiger partial charge in [0.2, 0.25) is 0 Å². The lowest BCUT2D eigenvalue weighted by Crippen LogP contribution is -2.33. The Morgan fingerprint density at radius 2 is 1.82 bits per heavy atom. The van der Waals surface area contributed by atoms with Crippen molar-refractivity contribution < 1.29 is 4.39 Å². The van der Waals surface area contributed by atoms with Crippen LogP contribution >= 0.6 is 12.8 Å². The number of aromatic nitrogens is 1. The van der Waals surface area contributed by atoms with Gasteiger partial charge in [-0.05, 0) is 103 Å². The zero-order valence-electron chi connectivity index (χ0n) is 22.7. The smallest absolute Gasteiger partial charge is 0.123 e. The number of allylic oxidation sites excluding steroid dienone is 3. The van der Waals surface area contributed by atoms with Crippen LogP contribution in [0.5, 0.6) is 0 Å². The van der Waals surface area contributed by atoms with Crippen LogP contribution in [0.25, 0.3) is 5.57 Å². The predicted molar refractivity (Wildman–Crippen MR) is 167 cm³/mol. The number of anilines is 2. The second-order valence-corrected chi connectivity index (χ2v) is 10.8. The van der Waals surface area contributed by atoms with E-state index >= 15 is 0 Å². The molecule has 0 amide bonds. The molecule has 5 nitrogen and oxygen atoms in total. The molecule has 40 heavy (non-hydrogen) atoms. The van der Waals surface area contributed by atoms with Gasteiger partial charge in [-0.2, -0.15) is 0 Å². The van der Waals surface area contributed by atoms with Gasteiger partial charge in [0.1, 0.15) is 5.82 Å². The molecular weight excluding hydrogens is 517 g/mol. The Morgan fingerprint density at radius 3 is 2.48 bits per heavy atom. The molecule has 1 atom stereocenters. The molecule has 2 aliphatic rings. The molecule has 2 aromatic carbocycles. The van der Waals surface area contributed by atoms with Crippen molar-refractivity contribution in [2.45, 2.75) is 32.1 Å². The highest BCUT2D eigenvalue weighted by Gasteiger charge is 2.41. The number of halogens is 1. The lowest BCUT2D eigenvalue weighted by molar-refractivity contribution is 0.450. The van der Waals surface area contributed by atoms with E-state index < -0.39 is 5.41 Å². The Balaban J connectivity index is 1.56. The molecule has 3 aromatic rings. The molecule has 7 heteroatoms. The Bertz CT molecular complexity index is 1390. The van der Waals surface area contributed by atoms with Gasteiger partial charge >= 0.3 is 0 Å². The highest BCUT2D eigenvalue weighted by Crippen LogP contribution is 2.51. The van der Waals surface area contributed by atoms with Gasteiger partial charge in [0.15, 0.2) is 0 Å². The van der Waals surface area contributed by atoms with E-state index in [-0.39, 0.29) is 5.82 Å². The minimum absolute atomic E-state index is 0.284. The van der Waals surface area contributed by atoms with Crippen LogP contribution in [0.3, 0.4) is 0 Å². The summed E-state index contributed by atoms with van der Waals surface area (Å²) in [5.41, 5.74) is 7.42. The molecular formula is C33H36FN5S. The van der Waals surface area contributed by atoms with Crippen LogP contribution in [0.4, 0.5) is 15.8 Å². The fourth-order valence-electron chi connectivity index (χ4n) is 5.89. The van der Waals surface area contributed by atoms with Crippen molar-refractivity contribution in [1.82, 2.24) is 9.71 Å². The van der Waals surface area contributed by atoms with E-state index in [1.165, 1.54) is 48.0 Å². The van der Waals surface area contributed by atoms with E-state index in [4.69, 9.17) is 5.41 Å². The summed E-state index contributed by atoms with van der Waals surface area (Å²) >= 11 is 4.28. The highest BCUT2D eigenvalue weighted by molar-refractivity contribution is 7.78. The van der Waals surface area contributed by atoms with Gasteiger partial charge in [-0.15, -0.1) is 0 Å². The van der Waals surface area contributed by atoms with Crippen molar-refractivity contribution in [2.24, 2.45) is 5.41 Å². The summed E-state index contributed by atoms with van der Waals surface area (Å²) in [7, 11) is 0. The van der Waals surface area contributed by atoms with Crippen molar-refractivity contribution >= 4 is 36.0 Å². The molecule has 3 N–H and O–H groups in total. The number of rotatable bonds is 11. The molecule has 0 bridgehead atoms.